The van der Waals surface area contributed by atoms with Gasteiger partial charge in [-0.15, -0.1) is 11.6 Å². The monoisotopic (exact) mass is 369 g/mol. The number of amides is 2. The molecule has 0 aliphatic heterocycles. The Labute approximate surface area is 156 Å². The van der Waals surface area contributed by atoms with Crippen molar-refractivity contribution in [3.8, 4) is 0 Å². The van der Waals surface area contributed by atoms with Gasteiger partial charge in [0.05, 0.1) is 13.1 Å². The van der Waals surface area contributed by atoms with E-state index in [1.807, 2.05) is 34.8 Å². The van der Waals surface area contributed by atoms with E-state index in [-0.39, 0.29) is 18.4 Å². The minimum absolute atomic E-state index is 0.0309. The number of alkyl halides is 1. The highest BCUT2D eigenvalue weighted by Crippen LogP contribution is 2.11. The molecule has 0 aliphatic rings. The lowest BCUT2D eigenvalue weighted by Gasteiger charge is -2.29. The summed E-state index contributed by atoms with van der Waals surface area (Å²) in [5.74, 6) is 0.152. The zero-order valence-corrected chi connectivity index (χ0v) is 16.9. The molecule has 2 amide bonds. The van der Waals surface area contributed by atoms with E-state index in [1.54, 1.807) is 11.8 Å². The number of nitrogens with zero attached hydrogens (tertiary/aromatic N) is 3. The second-order valence-corrected chi connectivity index (χ2v) is 7.66. The van der Waals surface area contributed by atoms with E-state index in [0.717, 1.165) is 18.5 Å². The summed E-state index contributed by atoms with van der Waals surface area (Å²) in [5.41, 5.74) is 1.08. The lowest BCUT2D eigenvalue weighted by Crippen LogP contribution is -2.46. The largest absolute Gasteiger partial charge is 0.353 e. The van der Waals surface area contributed by atoms with E-state index >= 15 is 0 Å². The Hall–Kier alpha value is -1.49. The number of hydrogen-bond donors (Lipinski definition) is 0. The fraction of sp³-hybridized carbons (Fsp3) is 0.684. The third-order valence-corrected chi connectivity index (χ3v) is 4.29. The summed E-state index contributed by atoms with van der Waals surface area (Å²) in [7, 11) is 1.97. The molecule has 0 fully saturated rings. The predicted molar refractivity (Wildman–Crippen MR) is 102 cm³/mol. The predicted octanol–water partition coefficient (Wildman–Crippen LogP) is 3.27. The van der Waals surface area contributed by atoms with Crippen LogP contribution in [0.15, 0.2) is 18.3 Å². The normalized spacial score (nSPS) is 12.3. The molecule has 1 unspecified atom stereocenters. The molecular formula is C19H32ClN3O2. The van der Waals surface area contributed by atoms with Crippen LogP contribution in [0, 0.1) is 5.92 Å². The standard InChI is InChI=1S/C19H32ClN3O2/c1-6-7-11-22(19(25)16(4)20)14-18(24)23(12-15(2)3)13-17-9-8-10-21(17)5/h8-10,15-16H,6-7,11-14H2,1-5H3. The van der Waals surface area contributed by atoms with Crippen LogP contribution >= 0.6 is 11.6 Å². The van der Waals surface area contributed by atoms with E-state index in [0.29, 0.717) is 25.6 Å². The molecule has 0 saturated heterocycles. The summed E-state index contributed by atoms with van der Waals surface area (Å²) in [4.78, 5) is 28.7. The SMILES string of the molecule is CCCCN(CC(=O)N(Cc1cccn1C)CC(C)C)C(=O)C(C)Cl. The van der Waals surface area contributed by atoms with Crippen LogP contribution in [0.25, 0.3) is 0 Å². The first-order chi connectivity index (χ1) is 11.8. The Bertz CT molecular complexity index is 555. The smallest absolute Gasteiger partial charge is 0.242 e. The molecule has 1 atom stereocenters. The van der Waals surface area contributed by atoms with E-state index in [4.69, 9.17) is 11.6 Å². The average molecular weight is 370 g/mol. The molecule has 0 aromatic carbocycles. The first kappa shape index (κ1) is 21.6. The number of rotatable bonds is 10. The first-order valence-electron chi connectivity index (χ1n) is 9.07. The highest BCUT2D eigenvalue weighted by Gasteiger charge is 2.24. The highest BCUT2D eigenvalue weighted by molar-refractivity contribution is 6.30. The summed E-state index contributed by atoms with van der Waals surface area (Å²) in [5, 5.41) is -0.615. The number of aryl methyl sites for hydroxylation is 1. The molecule has 0 bridgehead atoms. The number of halogens is 1. The summed E-state index contributed by atoms with van der Waals surface area (Å²) in [6.07, 6.45) is 3.80. The minimum atomic E-state index is -0.615. The zero-order valence-electron chi connectivity index (χ0n) is 16.2. The van der Waals surface area contributed by atoms with Crippen LogP contribution in [0.1, 0.15) is 46.2 Å². The van der Waals surface area contributed by atoms with Gasteiger partial charge in [-0.05, 0) is 31.4 Å². The highest BCUT2D eigenvalue weighted by atomic mass is 35.5. The molecule has 5 nitrogen and oxygen atoms in total. The lowest BCUT2D eigenvalue weighted by molar-refractivity contribution is -0.141. The summed E-state index contributed by atoms with van der Waals surface area (Å²) in [6.45, 7) is 9.77. The maximum atomic E-state index is 12.9. The fourth-order valence-electron chi connectivity index (χ4n) is 2.68. The number of hydrogen-bond acceptors (Lipinski definition) is 2. The Morgan fingerprint density at radius 3 is 2.40 bits per heavy atom. The summed E-state index contributed by atoms with van der Waals surface area (Å²) >= 11 is 5.97. The minimum Gasteiger partial charge on any atom is -0.353 e. The maximum absolute atomic E-state index is 12.9. The van der Waals surface area contributed by atoms with Gasteiger partial charge in [-0.25, -0.2) is 0 Å². The van der Waals surface area contributed by atoms with Gasteiger partial charge in [-0.3, -0.25) is 9.59 Å². The molecule has 0 radical (unpaired) electrons. The van der Waals surface area contributed by atoms with E-state index < -0.39 is 5.38 Å². The van der Waals surface area contributed by atoms with Crippen molar-refractivity contribution in [1.29, 1.82) is 0 Å². The molecule has 1 heterocycles. The van der Waals surface area contributed by atoms with E-state index in [2.05, 4.69) is 20.8 Å². The fourth-order valence-corrected chi connectivity index (χ4v) is 2.82. The van der Waals surface area contributed by atoms with Gasteiger partial charge in [0.1, 0.15) is 5.38 Å². The molecule has 6 heteroatoms. The number of unbranched alkanes of at least 4 members (excludes halogenated alkanes) is 1. The van der Waals surface area contributed by atoms with E-state index in [1.165, 1.54) is 0 Å². The molecule has 25 heavy (non-hydrogen) atoms. The second-order valence-electron chi connectivity index (χ2n) is 7.01. The molecule has 1 aromatic rings. The van der Waals surface area contributed by atoms with Crippen LogP contribution in [0.5, 0.6) is 0 Å². The van der Waals surface area contributed by atoms with E-state index in [9.17, 15) is 9.59 Å². The van der Waals surface area contributed by atoms with Gasteiger partial charge in [0.2, 0.25) is 11.8 Å². The molecule has 142 valence electrons. The van der Waals surface area contributed by atoms with Gasteiger partial charge in [0.15, 0.2) is 0 Å². The topological polar surface area (TPSA) is 45.6 Å². The average Bonchev–Trinajstić information content (AvgIpc) is 2.94. The van der Waals surface area contributed by atoms with Crippen molar-refractivity contribution in [3.05, 3.63) is 24.0 Å². The van der Waals surface area contributed by atoms with Gasteiger partial charge in [-0.2, -0.15) is 0 Å². The quantitative estimate of drug-likeness (QED) is 0.594. The molecular weight excluding hydrogens is 338 g/mol. The van der Waals surface area contributed by atoms with Crippen LogP contribution in [0.2, 0.25) is 0 Å². The molecule has 0 saturated carbocycles. The first-order valence-corrected chi connectivity index (χ1v) is 9.50. The molecule has 1 aromatic heterocycles. The van der Waals surface area contributed by atoms with Gasteiger partial charge >= 0.3 is 0 Å². The van der Waals surface area contributed by atoms with Gasteiger partial charge < -0.3 is 14.4 Å². The van der Waals surface area contributed by atoms with Crippen molar-refractivity contribution in [3.63, 3.8) is 0 Å². The van der Waals surface area contributed by atoms with Crippen molar-refractivity contribution in [2.45, 2.75) is 52.5 Å². The van der Waals surface area contributed by atoms with Crippen LogP contribution in [-0.4, -0.2) is 51.2 Å². The van der Waals surface area contributed by atoms with Crippen molar-refractivity contribution < 1.29 is 9.59 Å². The molecule has 0 N–H and O–H groups in total. The Balaban J connectivity index is 2.86. The van der Waals surface area contributed by atoms with Crippen molar-refractivity contribution >= 4 is 23.4 Å². The second kappa shape index (κ2) is 10.5. The Morgan fingerprint density at radius 1 is 1.24 bits per heavy atom. The number of carbonyl (C=O) groups excluding carboxylic acids is 2. The molecule has 1 rings (SSSR count). The van der Waals surface area contributed by atoms with Crippen molar-refractivity contribution in [1.82, 2.24) is 14.4 Å². The van der Waals surface area contributed by atoms with Crippen molar-refractivity contribution in [2.75, 3.05) is 19.6 Å². The molecule has 0 aliphatic carbocycles. The maximum Gasteiger partial charge on any atom is 0.242 e. The third-order valence-electron chi connectivity index (χ3n) is 4.10. The van der Waals surface area contributed by atoms with Gasteiger partial charge in [-0.1, -0.05) is 27.2 Å². The number of aromatic nitrogens is 1. The lowest BCUT2D eigenvalue weighted by atomic mass is 10.2. The van der Waals surface area contributed by atoms with Crippen LogP contribution in [-0.2, 0) is 23.2 Å². The van der Waals surface area contributed by atoms with Crippen molar-refractivity contribution in [2.24, 2.45) is 13.0 Å². The third kappa shape index (κ3) is 7.10. The summed E-state index contributed by atoms with van der Waals surface area (Å²) < 4.78 is 2.02. The summed E-state index contributed by atoms with van der Waals surface area (Å²) in [6, 6.07) is 3.99. The Kier molecular flexibility index (Phi) is 9.04. The number of carbonyl (C=O) groups is 2. The molecule has 0 spiro atoms. The van der Waals surface area contributed by atoms with Gasteiger partial charge in [0, 0.05) is 32.0 Å². The zero-order chi connectivity index (χ0) is 19.0. The van der Waals surface area contributed by atoms with Gasteiger partial charge in [0.25, 0.3) is 0 Å². The van der Waals surface area contributed by atoms with Crippen LogP contribution in [0.4, 0.5) is 0 Å². The Morgan fingerprint density at radius 2 is 1.92 bits per heavy atom. The van der Waals surface area contributed by atoms with Crippen LogP contribution in [0.3, 0.4) is 0 Å². The van der Waals surface area contributed by atoms with Crippen LogP contribution < -0.4 is 0 Å².